The Kier molecular flexibility index (Phi) is 7.44. The summed E-state index contributed by atoms with van der Waals surface area (Å²) in [7, 11) is 3.16. The number of nitrogens with two attached hydrogens (primary N) is 1. The van der Waals surface area contributed by atoms with Crippen molar-refractivity contribution in [1.82, 2.24) is 14.9 Å². The fourth-order valence-electron chi connectivity index (χ4n) is 4.55. The molecule has 0 spiro atoms. The maximum atomic E-state index is 13.2. The molecule has 0 saturated carbocycles. The second kappa shape index (κ2) is 11.2. The second-order valence-corrected chi connectivity index (χ2v) is 9.02. The molecule has 9 nitrogen and oxygen atoms in total. The van der Waals surface area contributed by atoms with Gasteiger partial charge in [-0.15, -0.1) is 0 Å². The third-order valence-electron chi connectivity index (χ3n) is 6.65. The minimum atomic E-state index is -0.0195. The Balaban J connectivity index is 1.22. The van der Waals surface area contributed by atoms with Crippen molar-refractivity contribution in [2.75, 3.05) is 57.6 Å². The van der Waals surface area contributed by atoms with E-state index in [0.29, 0.717) is 78.3 Å². The highest BCUT2D eigenvalue weighted by Gasteiger charge is 2.25. The summed E-state index contributed by atoms with van der Waals surface area (Å²) in [6.07, 6.45) is 0.808. The van der Waals surface area contributed by atoms with E-state index in [2.05, 4.69) is 17.1 Å². The summed E-state index contributed by atoms with van der Waals surface area (Å²) in [5, 5.41) is 0.700. The molecule has 1 aliphatic heterocycles. The first-order valence-electron chi connectivity index (χ1n) is 12.6. The first-order valence-corrected chi connectivity index (χ1v) is 12.6. The standard InChI is InChI=1S/C29H31N5O4/c1-36-25-18-23-24(19-26(25)37-2)31-29(32-27(23)30)34-14-12-33(13-15-34)28(35)21-9-6-10-22(17-21)38-16-11-20-7-4-3-5-8-20/h3-10,17-19H,11-16H2,1-2H3,(H2,30,31,32). The van der Waals surface area contributed by atoms with Crippen molar-refractivity contribution >= 4 is 28.6 Å². The van der Waals surface area contributed by atoms with E-state index in [9.17, 15) is 4.79 Å². The third kappa shape index (κ3) is 5.41. The molecule has 0 radical (unpaired) electrons. The molecular formula is C29H31N5O4. The van der Waals surface area contributed by atoms with Gasteiger partial charge >= 0.3 is 0 Å². The number of hydrogen-bond donors (Lipinski definition) is 1. The predicted molar refractivity (Wildman–Crippen MR) is 147 cm³/mol. The van der Waals surface area contributed by atoms with E-state index in [1.54, 1.807) is 26.4 Å². The van der Waals surface area contributed by atoms with E-state index >= 15 is 0 Å². The van der Waals surface area contributed by atoms with Crippen molar-refractivity contribution in [2.45, 2.75) is 6.42 Å². The van der Waals surface area contributed by atoms with E-state index in [-0.39, 0.29) is 5.91 Å². The first kappa shape index (κ1) is 25.1. The monoisotopic (exact) mass is 513 g/mol. The minimum Gasteiger partial charge on any atom is -0.493 e. The normalized spacial score (nSPS) is 13.4. The van der Waals surface area contributed by atoms with Crippen molar-refractivity contribution in [1.29, 1.82) is 0 Å². The molecular weight excluding hydrogens is 482 g/mol. The number of fused-ring (bicyclic) bond motifs is 1. The molecule has 38 heavy (non-hydrogen) atoms. The van der Waals surface area contributed by atoms with Gasteiger partial charge in [0.2, 0.25) is 5.95 Å². The van der Waals surface area contributed by atoms with Crippen LogP contribution in [0.25, 0.3) is 10.9 Å². The Morgan fingerprint density at radius 1 is 0.895 bits per heavy atom. The van der Waals surface area contributed by atoms with Crippen molar-refractivity contribution in [2.24, 2.45) is 0 Å². The van der Waals surface area contributed by atoms with Crippen molar-refractivity contribution in [3.63, 3.8) is 0 Å². The topological polar surface area (TPSA) is 103 Å². The molecule has 196 valence electrons. The summed E-state index contributed by atoms with van der Waals surface area (Å²) in [5.41, 5.74) is 8.77. The van der Waals surface area contributed by atoms with Crippen LogP contribution < -0.4 is 24.8 Å². The van der Waals surface area contributed by atoms with E-state index in [0.717, 1.165) is 6.42 Å². The molecule has 3 aromatic carbocycles. The van der Waals surface area contributed by atoms with Crippen LogP contribution in [-0.2, 0) is 6.42 Å². The number of anilines is 2. The van der Waals surface area contributed by atoms with Gasteiger partial charge in [0, 0.05) is 49.6 Å². The van der Waals surface area contributed by atoms with Crippen LogP contribution in [0.15, 0.2) is 66.7 Å². The second-order valence-electron chi connectivity index (χ2n) is 9.02. The van der Waals surface area contributed by atoms with Crippen LogP contribution >= 0.6 is 0 Å². The number of methoxy groups -OCH3 is 2. The van der Waals surface area contributed by atoms with E-state index < -0.39 is 0 Å². The van der Waals surface area contributed by atoms with Crippen molar-refractivity contribution in [3.05, 3.63) is 77.9 Å². The lowest BCUT2D eigenvalue weighted by Gasteiger charge is -2.35. The number of nitrogen functional groups attached to an aromatic ring is 1. The molecule has 1 amide bonds. The van der Waals surface area contributed by atoms with Gasteiger partial charge in [-0.2, -0.15) is 4.98 Å². The Morgan fingerprint density at radius 2 is 1.63 bits per heavy atom. The smallest absolute Gasteiger partial charge is 0.254 e. The zero-order chi connectivity index (χ0) is 26.5. The molecule has 1 aliphatic rings. The first-order chi connectivity index (χ1) is 18.6. The Hall–Kier alpha value is -4.53. The minimum absolute atomic E-state index is 0.0195. The van der Waals surface area contributed by atoms with E-state index in [1.165, 1.54) is 5.56 Å². The number of ether oxygens (including phenoxy) is 3. The SMILES string of the molecule is COc1cc2nc(N3CCN(C(=O)c4cccc(OCCc5ccccc5)c4)CC3)nc(N)c2cc1OC. The van der Waals surface area contributed by atoms with Crippen LogP contribution in [0.1, 0.15) is 15.9 Å². The van der Waals surface area contributed by atoms with Gasteiger partial charge in [0.05, 0.1) is 26.3 Å². The quantitative estimate of drug-likeness (QED) is 0.379. The van der Waals surface area contributed by atoms with Gasteiger partial charge < -0.3 is 29.7 Å². The number of benzene rings is 3. The van der Waals surface area contributed by atoms with Crippen LogP contribution in [0.4, 0.5) is 11.8 Å². The molecule has 5 rings (SSSR count). The van der Waals surface area contributed by atoms with Crippen LogP contribution in [0.3, 0.4) is 0 Å². The molecule has 0 unspecified atom stereocenters. The zero-order valence-corrected chi connectivity index (χ0v) is 21.6. The van der Waals surface area contributed by atoms with Gasteiger partial charge in [-0.3, -0.25) is 4.79 Å². The van der Waals surface area contributed by atoms with E-state index in [4.69, 9.17) is 24.9 Å². The zero-order valence-electron chi connectivity index (χ0n) is 21.6. The predicted octanol–water partition coefficient (Wildman–Crippen LogP) is 3.81. The molecule has 1 fully saturated rings. The highest BCUT2D eigenvalue weighted by atomic mass is 16.5. The molecule has 1 saturated heterocycles. The number of nitrogens with zero attached hydrogens (tertiary/aromatic N) is 4. The van der Waals surface area contributed by atoms with Crippen molar-refractivity contribution < 1.29 is 19.0 Å². The molecule has 2 N–H and O–H groups in total. The number of hydrogen-bond acceptors (Lipinski definition) is 8. The molecule has 0 aliphatic carbocycles. The molecule has 1 aromatic heterocycles. The Morgan fingerprint density at radius 3 is 2.37 bits per heavy atom. The van der Waals surface area contributed by atoms with Crippen molar-refractivity contribution in [3.8, 4) is 17.2 Å². The Bertz CT molecular complexity index is 1420. The fraction of sp³-hybridized carbons (Fsp3) is 0.276. The molecule has 0 bridgehead atoms. The fourth-order valence-corrected chi connectivity index (χ4v) is 4.55. The lowest BCUT2D eigenvalue weighted by molar-refractivity contribution is 0.0745. The van der Waals surface area contributed by atoms with Gasteiger partial charge in [-0.1, -0.05) is 36.4 Å². The van der Waals surface area contributed by atoms with E-state index in [1.807, 2.05) is 52.3 Å². The number of piperazine rings is 1. The summed E-state index contributed by atoms with van der Waals surface area (Å²) in [6, 6.07) is 21.1. The van der Waals surface area contributed by atoms with Gasteiger partial charge in [-0.05, 0) is 29.8 Å². The van der Waals surface area contributed by atoms with Crippen LogP contribution in [0.2, 0.25) is 0 Å². The van der Waals surface area contributed by atoms with Gasteiger partial charge in [0.15, 0.2) is 11.5 Å². The maximum absolute atomic E-state index is 13.2. The lowest BCUT2D eigenvalue weighted by Crippen LogP contribution is -2.49. The Labute approximate surface area is 221 Å². The molecule has 4 aromatic rings. The largest absolute Gasteiger partial charge is 0.493 e. The highest BCUT2D eigenvalue weighted by Crippen LogP contribution is 2.34. The summed E-state index contributed by atoms with van der Waals surface area (Å²) in [6.45, 7) is 2.83. The van der Waals surface area contributed by atoms with Gasteiger partial charge in [0.1, 0.15) is 11.6 Å². The lowest BCUT2D eigenvalue weighted by atomic mass is 10.1. The summed E-state index contributed by atoms with van der Waals surface area (Å²) >= 11 is 0. The molecule has 2 heterocycles. The number of carbonyl (C=O) groups excluding carboxylic acids is 1. The number of carbonyl (C=O) groups is 1. The maximum Gasteiger partial charge on any atom is 0.254 e. The summed E-state index contributed by atoms with van der Waals surface area (Å²) < 4.78 is 16.7. The van der Waals surface area contributed by atoms with Gasteiger partial charge in [-0.25, -0.2) is 4.98 Å². The number of rotatable bonds is 8. The summed E-state index contributed by atoms with van der Waals surface area (Å²) in [5.74, 6) is 2.72. The number of aromatic nitrogens is 2. The average molecular weight is 514 g/mol. The molecule has 0 atom stereocenters. The third-order valence-corrected chi connectivity index (χ3v) is 6.65. The van der Waals surface area contributed by atoms with Crippen LogP contribution in [-0.4, -0.2) is 67.8 Å². The van der Waals surface area contributed by atoms with Crippen LogP contribution in [0.5, 0.6) is 17.2 Å². The highest BCUT2D eigenvalue weighted by molar-refractivity contribution is 5.95. The average Bonchev–Trinajstić information content (AvgIpc) is 2.97. The summed E-state index contributed by atoms with van der Waals surface area (Å²) in [4.78, 5) is 26.3. The van der Waals surface area contributed by atoms with Crippen LogP contribution in [0, 0.1) is 0 Å². The molecule has 9 heteroatoms. The van der Waals surface area contributed by atoms with Gasteiger partial charge in [0.25, 0.3) is 5.91 Å². The number of amides is 1.